The van der Waals surface area contributed by atoms with Gasteiger partial charge in [0.15, 0.2) is 9.84 Å². The molecule has 150 valence electrons. The van der Waals surface area contributed by atoms with Crippen LogP contribution in [0.1, 0.15) is 37.5 Å². The molecule has 28 heavy (non-hydrogen) atoms. The van der Waals surface area contributed by atoms with E-state index in [1.165, 1.54) is 18.3 Å². The van der Waals surface area contributed by atoms with Gasteiger partial charge in [-0.3, -0.25) is 14.8 Å². The summed E-state index contributed by atoms with van der Waals surface area (Å²) in [6.45, 7) is 1.43. The number of hydroxylamine groups is 1. The number of rotatable bonds is 5. The minimum absolute atomic E-state index is 0.0248. The molecular formula is C19H22N2O5S2. The molecule has 2 heterocycles. The number of anilines is 1. The largest absolute Gasteiger partial charge is 0.326 e. The van der Waals surface area contributed by atoms with Crippen molar-refractivity contribution < 1.29 is 23.2 Å². The number of hydrogen-bond donors (Lipinski definition) is 3. The van der Waals surface area contributed by atoms with Crippen LogP contribution in [0.25, 0.3) is 10.4 Å². The molecule has 0 unspecified atom stereocenters. The molecule has 1 atom stereocenters. The Bertz CT molecular complexity index is 999. The fourth-order valence-corrected chi connectivity index (χ4v) is 7.38. The first kappa shape index (κ1) is 20.5. The predicted molar refractivity (Wildman–Crippen MR) is 108 cm³/mol. The number of benzene rings is 1. The lowest BCUT2D eigenvalue weighted by atomic mass is 9.94. The topological polar surface area (TPSA) is 113 Å². The summed E-state index contributed by atoms with van der Waals surface area (Å²) in [6, 6.07) is 10.9. The van der Waals surface area contributed by atoms with Gasteiger partial charge in [-0.25, -0.2) is 13.9 Å². The van der Waals surface area contributed by atoms with Crippen LogP contribution in [-0.2, 0) is 24.2 Å². The zero-order chi connectivity index (χ0) is 20.4. The lowest BCUT2D eigenvalue weighted by molar-refractivity contribution is -0.130. The Morgan fingerprint density at radius 3 is 2.68 bits per heavy atom. The summed E-state index contributed by atoms with van der Waals surface area (Å²) >= 11 is 1.32. The van der Waals surface area contributed by atoms with Crippen LogP contribution < -0.4 is 10.8 Å². The zero-order valence-corrected chi connectivity index (χ0v) is 17.0. The molecule has 7 nitrogen and oxygen atoms in total. The van der Waals surface area contributed by atoms with Crippen LogP contribution in [0.3, 0.4) is 0 Å². The summed E-state index contributed by atoms with van der Waals surface area (Å²) in [4.78, 5) is 24.6. The molecular weight excluding hydrogens is 400 g/mol. The molecule has 1 aromatic heterocycles. The Kier molecular flexibility index (Phi) is 5.87. The van der Waals surface area contributed by atoms with E-state index in [2.05, 4.69) is 5.32 Å². The van der Waals surface area contributed by atoms with Crippen molar-refractivity contribution in [2.75, 3.05) is 11.1 Å². The van der Waals surface area contributed by atoms with E-state index < -0.39 is 20.5 Å². The first-order valence-corrected chi connectivity index (χ1v) is 11.4. The van der Waals surface area contributed by atoms with Gasteiger partial charge in [-0.15, -0.1) is 11.3 Å². The molecule has 1 aromatic carbocycles. The number of thiophene rings is 1. The highest BCUT2D eigenvalue weighted by molar-refractivity contribution is 7.92. The minimum Gasteiger partial charge on any atom is -0.326 e. The average molecular weight is 423 g/mol. The average Bonchev–Trinajstić information content (AvgIpc) is 3.13. The standard InChI is InChI=1S/C19H22N2O5S2/c1-13(22)20-15-6-4-5-14(11-15)16-7-8-17(27-16)19(12-18(23)21-24)9-2-3-10-28(19,25)26/h4-8,11,24H,2-3,9-10,12H2,1H3,(H,20,22)(H,21,23)/t19-/m0/s1. The Balaban J connectivity index is 2.02. The van der Waals surface area contributed by atoms with Gasteiger partial charge in [-0.05, 0) is 42.7 Å². The molecule has 3 rings (SSSR count). The number of hydrogen-bond acceptors (Lipinski definition) is 6. The maximum absolute atomic E-state index is 13.0. The van der Waals surface area contributed by atoms with E-state index in [4.69, 9.17) is 5.21 Å². The van der Waals surface area contributed by atoms with Crippen molar-refractivity contribution in [1.82, 2.24) is 5.48 Å². The Hall–Kier alpha value is -2.23. The summed E-state index contributed by atoms with van der Waals surface area (Å²) in [5.41, 5.74) is 3.07. The highest BCUT2D eigenvalue weighted by Gasteiger charge is 2.49. The second-order valence-corrected chi connectivity index (χ2v) is 10.4. The fraction of sp³-hybridized carbons (Fsp3) is 0.368. The van der Waals surface area contributed by atoms with E-state index in [0.717, 1.165) is 10.4 Å². The number of carbonyl (C=O) groups is 2. The minimum atomic E-state index is -3.55. The Labute approximate surface area is 167 Å². The smallest absolute Gasteiger partial charge is 0.245 e. The normalized spacial score (nSPS) is 21.1. The molecule has 2 amide bonds. The van der Waals surface area contributed by atoms with Crippen molar-refractivity contribution in [3.63, 3.8) is 0 Å². The van der Waals surface area contributed by atoms with Crippen LogP contribution in [-0.4, -0.2) is 31.2 Å². The number of amides is 2. The third-order valence-corrected chi connectivity index (χ3v) is 8.99. The van der Waals surface area contributed by atoms with Crippen LogP contribution in [0.5, 0.6) is 0 Å². The van der Waals surface area contributed by atoms with Gasteiger partial charge in [-0.1, -0.05) is 18.6 Å². The Morgan fingerprint density at radius 1 is 1.21 bits per heavy atom. The molecule has 3 N–H and O–H groups in total. The van der Waals surface area contributed by atoms with Gasteiger partial charge < -0.3 is 5.32 Å². The van der Waals surface area contributed by atoms with E-state index in [9.17, 15) is 18.0 Å². The molecule has 2 aromatic rings. The lowest BCUT2D eigenvalue weighted by Gasteiger charge is -2.35. The highest BCUT2D eigenvalue weighted by Crippen LogP contribution is 2.47. The van der Waals surface area contributed by atoms with E-state index in [0.29, 0.717) is 29.8 Å². The van der Waals surface area contributed by atoms with Crippen LogP contribution in [0.4, 0.5) is 5.69 Å². The second kappa shape index (κ2) is 8.02. The maximum Gasteiger partial charge on any atom is 0.245 e. The van der Waals surface area contributed by atoms with Gasteiger partial charge in [-0.2, -0.15) is 0 Å². The number of nitrogens with one attached hydrogen (secondary N) is 2. The summed E-state index contributed by atoms with van der Waals surface area (Å²) in [5.74, 6) is -0.865. The fourth-order valence-electron chi connectivity index (χ4n) is 3.61. The van der Waals surface area contributed by atoms with E-state index in [-0.39, 0.29) is 18.1 Å². The van der Waals surface area contributed by atoms with Crippen LogP contribution >= 0.6 is 11.3 Å². The zero-order valence-electron chi connectivity index (χ0n) is 15.4. The van der Waals surface area contributed by atoms with E-state index >= 15 is 0 Å². The SMILES string of the molecule is CC(=O)Nc1cccc(-c2ccc([C@@]3(CC(=O)NO)CCCCS3(=O)=O)s2)c1. The van der Waals surface area contributed by atoms with Crippen molar-refractivity contribution in [3.8, 4) is 10.4 Å². The van der Waals surface area contributed by atoms with Gasteiger partial charge in [0.2, 0.25) is 11.8 Å². The number of sulfone groups is 1. The second-order valence-electron chi connectivity index (χ2n) is 6.91. The van der Waals surface area contributed by atoms with Crippen molar-refractivity contribution in [2.24, 2.45) is 0 Å². The maximum atomic E-state index is 13.0. The van der Waals surface area contributed by atoms with Crippen LogP contribution in [0, 0.1) is 0 Å². The van der Waals surface area contributed by atoms with Crippen molar-refractivity contribution >= 4 is 38.7 Å². The van der Waals surface area contributed by atoms with Crippen LogP contribution in [0.2, 0.25) is 0 Å². The molecule has 0 aliphatic carbocycles. The van der Waals surface area contributed by atoms with Crippen molar-refractivity contribution in [3.05, 3.63) is 41.3 Å². The third-order valence-electron chi connectivity index (χ3n) is 4.93. The van der Waals surface area contributed by atoms with Gasteiger partial charge in [0.05, 0.1) is 12.2 Å². The van der Waals surface area contributed by atoms with Gasteiger partial charge >= 0.3 is 0 Å². The first-order valence-electron chi connectivity index (χ1n) is 8.91. The summed E-state index contributed by atoms with van der Waals surface area (Å²) in [6.07, 6.45) is 1.30. The van der Waals surface area contributed by atoms with Gasteiger partial charge in [0.25, 0.3) is 0 Å². The molecule has 1 saturated heterocycles. The molecule has 1 aliphatic rings. The molecule has 1 fully saturated rings. The molecule has 0 radical (unpaired) electrons. The Morgan fingerprint density at radius 2 is 2.00 bits per heavy atom. The molecule has 9 heteroatoms. The summed E-state index contributed by atoms with van der Waals surface area (Å²) < 4.78 is 24.6. The molecule has 0 saturated carbocycles. The number of carbonyl (C=O) groups excluding carboxylic acids is 2. The molecule has 0 spiro atoms. The molecule has 1 aliphatic heterocycles. The van der Waals surface area contributed by atoms with Crippen LogP contribution in [0.15, 0.2) is 36.4 Å². The summed E-state index contributed by atoms with van der Waals surface area (Å²) in [7, 11) is -3.55. The predicted octanol–water partition coefficient (Wildman–Crippen LogP) is 3.06. The van der Waals surface area contributed by atoms with Crippen molar-refractivity contribution in [1.29, 1.82) is 0 Å². The van der Waals surface area contributed by atoms with E-state index in [1.807, 2.05) is 24.3 Å². The summed E-state index contributed by atoms with van der Waals surface area (Å²) in [5, 5.41) is 11.7. The first-order chi connectivity index (χ1) is 13.3. The highest BCUT2D eigenvalue weighted by atomic mass is 32.2. The quantitative estimate of drug-likeness (QED) is 0.506. The van der Waals surface area contributed by atoms with Gasteiger partial charge in [0, 0.05) is 22.4 Å². The van der Waals surface area contributed by atoms with Crippen molar-refractivity contribution in [2.45, 2.75) is 37.4 Å². The monoisotopic (exact) mass is 422 g/mol. The molecule has 0 bridgehead atoms. The third kappa shape index (κ3) is 3.96. The van der Waals surface area contributed by atoms with E-state index in [1.54, 1.807) is 17.6 Å². The van der Waals surface area contributed by atoms with Gasteiger partial charge in [0.1, 0.15) is 4.75 Å². The lowest BCUT2D eigenvalue weighted by Crippen LogP contribution is -2.43.